The van der Waals surface area contributed by atoms with Crippen LogP contribution < -0.4 is 5.32 Å². The van der Waals surface area contributed by atoms with Crippen LogP contribution in [-0.2, 0) is 11.8 Å². The largest absolute Gasteiger partial charge is 0.490 e. The van der Waals surface area contributed by atoms with E-state index in [1.165, 1.54) is 11.1 Å². The minimum absolute atomic E-state index is 0.0394. The molecule has 1 aliphatic heterocycles. The molecule has 32 heavy (non-hydrogen) atoms. The number of carboxylic acid groups (broad SMARTS) is 1. The second-order valence-electron chi connectivity index (χ2n) is 8.20. The summed E-state index contributed by atoms with van der Waals surface area (Å²) in [6.45, 7) is 6.68. The van der Waals surface area contributed by atoms with Crippen molar-refractivity contribution in [3.8, 4) is 0 Å². The van der Waals surface area contributed by atoms with Gasteiger partial charge in [0.2, 0.25) is 0 Å². The Labute approximate surface area is 184 Å². The Morgan fingerprint density at radius 2 is 1.84 bits per heavy atom. The molecule has 2 N–H and O–H groups in total. The standard InChI is InChI=1S/C20H26N4O.C2HF3O2/c1-4-13(2)24-11-16-14-7-5-6-8-15(14)19(17(16)12-24)22-20(25)18-9-10-21-23(18)3;3-2(4,5)1(6)7/h5-10,13,16-17,19H,4,11-12H2,1-3H3,(H,22,25);(H,6,7)/t13?,16-,17-,19+;/m0./s1. The molecule has 1 amide bonds. The number of likely N-dealkylation sites (tertiary alicyclic amines) is 1. The summed E-state index contributed by atoms with van der Waals surface area (Å²) in [6, 6.07) is 11.1. The number of nitrogens with zero attached hydrogens (tertiary/aromatic N) is 3. The lowest BCUT2D eigenvalue weighted by molar-refractivity contribution is -0.192. The Hall–Kier alpha value is -2.88. The third kappa shape index (κ3) is 4.79. The second kappa shape index (κ2) is 9.32. The highest BCUT2D eigenvalue weighted by molar-refractivity contribution is 5.92. The van der Waals surface area contributed by atoms with E-state index >= 15 is 0 Å². The second-order valence-corrected chi connectivity index (χ2v) is 8.20. The number of aryl methyl sites for hydroxylation is 1. The van der Waals surface area contributed by atoms with Gasteiger partial charge in [0, 0.05) is 44.2 Å². The van der Waals surface area contributed by atoms with Crippen molar-refractivity contribution >= 4 is 11.9 Å². The van der Waals surface area contributed by atoms with Crippen LogP contribution in [0.3, 0.4) is 0 Å². The van der Waals surface area contributed by atoms with Crippen molar-refractivity contribution in [2.24, 2.45) is 13.0 Å². The maximum atomic E-state index is 12.8. The molecule has 0 radical (unpaired) electrons. The van der Waals surface area contributed by atoms with Crippen LogP contribution in [0, 0.1) is 5.92 Å². The molecule has 2 aliphatic rings. The topological polar surface area (TPSA) is 87.5 Å². The number of aliphatic carboxylic acids is 1. The van der Waals surface area contributed by atoms with E-state index < -0.39 is 12.1 Å². The monoisotopic (exact) mass is 452 g/mol. The van der Waals surface area contributed by atoms with Gasteiger partial charge >= 0.3 is 12.1 Å². The molecule has 4 atom stereocenters. The molecule has 1 aliphatic carbocycles. The average molecular weight is 452 g/mol. The number of carboxylic acids is 1. The van der Waals surface area contributed by atoms with Gasteiger partial charge < -0.3 is 10.4 Å². The first-order valence-electron chi connectivity index (χ1n) is 10.5. The van der Waals surface area contributed by atoms with Gasteiger partial charge in [-0.25, -0.2) is 4.79 Å². The first-order valence-corrected chi connectivity index (χ1v) is 10.5. The molecule has 1 unspecified atom stereocenters. The van der Waals surface area contributed by atoms with Gasteiger partial charge in [-0.1, -0.05) is 31.2 Å². The fraction of sp³-hybridized carbons (Fsp3) is 0.500. The Balaban J connectivity index is 0.000000360. The number of hydrogen-bond acceptors (Lipinski definition) is 4. The number of benzene rings is 1. The molecule has 0 spiro atoms. The minimum atomic E-state index is -5.08. The predicted molar refractivity (Wildman–Crippen MR) is 111 cm³/mol. The van der Waals surface area contributed by atoms with Gasteiger partial charge in [-0.05, 0) is 30.5 Å². The van der Waals surface area contributed by atoms with Crippen LogP contribution in [-0.4, -0.2) is 57.0 Å². The fourth-order valence-corrected chi connectivity index (χ4v) is 4.50. The predicted octanol–water partition coefficient (Wildman–Crippen LogP) is 3.35. The molecule has 1 fully saturated rings. The number of fused-ring (bicyclic) bond motifs is 3. The number of amides is 1. The molecule has 10 heteroatoms. The van der Waals surface area contributed by atoms with Crippen LogP contribution in [0.2, 0.25) is 0 Å². The molecule has 2 aromatic rings. The van der Waals surface area contributed by atoms with Gasteiger partial charge in [0.05, 0.1) is 6.04 Å². The lowest BCUT2D eigenvalue weighted by Crippen LogP contribution is -2.36. The summed E-state index contributed by atoms with van der Waals surface area (Å²) in [5.41, 5.74) is 3.31. The zero-order chi connectivity index (χ0) is 23.6. The maximum Gasteiger partial charge on any atom is 0.490 e. The van der Waals surface area contributed by atoms with Crippen molar-refractivity contribution in [1.82, 2.24) is 20.0 Å². The molecule has 174 valence electrons. The molecular formula is C22H27F3N4O3. The van der Waals surface area contributed by atoms with E-state index in [4.69, 9.17) is 9.90 Å². The van der Waals surface area contributed by atoms with Gasteiger partial charge in [0.25, 0.3) is 5.91 Å². The highest BCUT2D eigenvalue weighted by Crippen LogP contribution is 2.49. The van der Waals surface area contributed by atoms with Gasteiger partial charge in [-0.2, -0.15) is 18.3 Å². The summed E-state index contributed by atoms with van der Waals surface area (Å²) >= 11 is 0. The Kier molecular flexibility index (Phi) is 6.92. The zero-order valence-corrected chi connectivity index (χ0v) is 18.1. The fourth-order valence-electron chi connectivity index (χ4n) is 4.50. The maximum absolute atomic E-state index is 12.8. The zero-order valence-electron chi connectivity index (χ0n) is 18.1. The average Bonchev–Trinajstić information content (AvgIpc) is 3.43. The van der Waals surface area contributed by atoms with Crippen molar-refractivity contribution in [3.63, 3.8) is 0 Å². The minimum Gasteiger partial charge on any atom is -0.475 e. The van der Waals surface area contributed by atoms with Gasteiger partial charge in [-0.3, -0.25) is 14.4 Å². The number of alkyl halides is 3. The number of hydrogen-bond donors (Lipinski definition) is 2. The van der Waals surface area contributed by atoms with Crippen LogP contribution in [0.25, 0.3) is 0 Å². The van der Waals surface area contributed by atoms with Crippen molar-refractivity contribution in [3.05, 3.63) is 53.3 Å². The van der Waals surface area contributed by atoms with Crippen LogP contribution >= 0.6 is 0 Å². The molecular weight excluding hydrogens is 425 g/mol. The van der Waals surface area contributed by atoms with Gasteiger partial charge in [0.1, 0.15) is 5.69 Å². The SMILES string of the molecule is CCC(C)N1C[C@@H]2[C@H](NC(=O)c3ccnn3C)c3ccccc3[C@@H]2C1.O=C(O)C(F)(F)F. The quantitative estimate of drug-likeness (QED) is 0.743. The summed E-state index contributed by atoms with van der Waals surface area (Å²) in [7, 11) is 1.81. The Bertz CT molecular complexity index is 975. The number of nitrogens with one attached hydrogen (secondary N) is 1. The van der Waals surface area contributed by atoms with Crippen LogP contribution in [0.15, 0.2) is 36.5 Å². The number of carbonyl (C=O) groups excluding carboxylic acids is 1. The van der Waals surface area contributed by atoms with Gasteiger partial charge in [-0.15, -0.1) is 0 Å². The van der Waals surface area contributed by atoms with Crippen molar-refractivity contribution in [2.45, 2.75) is 44.4 Å². The van der Waals surface area contributed by atoms with E-state index in [1.54, 1.807) is 24.0 Å². The van der Waals surface area contributed by atoms with E-state index in [2.05, 4.69) is 53.4 Å². The highest BCUT2D eigenvalue weighted by atomic mass is 19.4. The summed E-state index contributed by atoms with van der Waals surface area (Å²) in [5.74, 6) is -1.83. The number of rotatable bonds is 4. The number of carbonyl (C=O) groups is 2. The molecule has 1 aromatic carbocycles. The molecule has 7 nitrogen and oxygen atoms in total. The van der Waals surface area contributed by atoms with Crippen molar-refractivity contribution in [2.75, 3.05) is 13.1 Å². The molecule has 0 saturated carbocycles. The van der Waals surface area contributed by atoms with Crippen molar-refractivity contribution < 1.29 is 27.9 Å². The van der Waals surface area contributed by atoms with E-state index in [1.807, 2.05) is 0 Å². The molecule has 1 saturated heterocycles. The number of halogens is 3. The van der Waals surface area contributed by atoms with E-state index in [0.29, 0.717) is 23.6 Å². The summed E-state index contributed by atoms with van der Waals surface area (Å²) in [5, 5.41) is 14.5. The molecule has 1 aromatic heterocycles. The molecule has 0 bridgehead atoms. The smallest absolute Gasteiger partial charge is 0.475 e. The van der Waals surface area contributed by atoms with E-state index in [9.17, 15) is 18.0 Å². The first-order chi connectivity index (χ1) is 15.0. The lowest BCUT2D eigenvalue weighted by Gasteiger charge is -2.26. The Morgan fingerprint density at radius 3 is 2.38 bits per heavy atom. The van der Waals surface area contributed by atoms with Crippen LogP contribution in [0.1, 0.15) is 53.8 Å². The van der Waals surface area contributed by atoms with E-state index in [0.717, 1.165) is 19.5 Å². The molecule has 4 rings (SSSR count). The number of aromatic nitrogens is 2. The van der Waals surface area contributed by atoms with Crippen LogP contribution in [0.5, 0.6) is 0 Å². The van der Waals surface area contributed by atoms with E-state index in [-0.39, 0.29) is 11.9 Å². The first kappa shape index (κ1) is 23.8. The third-order valence-corrected chi connectivity index (χ3v) is 6.35. The third-order valence-electron chi connectivity index (χ3n) is 6.35. The van der Waals surface area contributed by atoms with Crippen molar-refractivity contribution in [1.29, 1.82) is 0 Å². The highest BCUT2D eigenvalue weighted by Gasteiger charge is 2.47. The summed E-state index contributed by atoms with van der Waals surface area (Å²) in [6.07, 6.45) is -2.26. The normalized spacial score (nSPS) is 23.0. The lowest BCUT2D eigenvalue weighted by atomic mass is 9.94. The summed E-state index contributed by atoms with van der Waals surface area (Å²) < 4.78 is 33.4. The van der Waals surface area contributed by atoms with Crippen LogP contribution in [0.4, 0.5) is 13.2 Å². The molecule has 2 heterocycles. The van der Waals surface area contributed by atoms with Gasteiger partial charge in [0.15, 0.2) is 0 Å². The summed E-state index contributed by atoms with van der Waals surface area (Å²) in [4.78, 5) is 24.2. The Morgan fingerprint density at radius 1 is 1.22 bits per heavy atom.